The average Bonchev–Trinajstić information content (AvgIpc) is 2.63. The minimum absolute atomic E-state index is 0.0817. The Morgan fingerprint density at radius 3 is 2.41 bits per heavy atom. The molecule has 0 amide bonds. The summed E-state index contributed by atoms with van der Waals surface area (Å²) in [6.07, 6.45) is 4.13. The van der Waals surface area contributed by atoms with Gasteiger partial charge in [-0.2, -0.15) is 0 Å². The van der Waals surface area contributed by atoms with Crippen LogP contribution >= 0.6 is 0 Å². The van der Waals surface area contributed by atoms with Gasteiger partial charge in [0.1, 0.15) is 6.61 Å². The summed E-state index contributed by atoms with van der Waals surface area (Å²) < 4.78 is 5.13. The number of Topliss-reactive ketones (excluding diaryl/α,β-unsaturated/α-hetero) is 1. The molecule has 1 fully saturated rings. The van der Waals surface area contributed by atoms with Crippen LogP contribution in [0.15, 0.2) is 0 Å². The number of hydrogen-bond acceptors (Lipinski definition) is 3. The molecule has 0 spiro atoms. The summed E-state index contributed by atoms with van der Waals surface area (Å²) in [5.41, 5.74) is -0.384. The predicted molar refractivity (Wildman–Crippen MR) is 66.5 cm³/mol. The smallest absolute Gasteiger partial charge is 0.312 e. The van der Waals surface area contributed by atoms with Crippen molar-refractivity contribution in [1.29, 1.82) is 0 Å². The van der Waals surface area contributed by atoms with Gasteiger partial charge in [-0.05, 0) is 38.5 Å². The lowest BCUT2D eigenvalue weighted by Gasteiger charge is -2.28. The predicted octanol–water partition coefficient (Wildman–Crippen LogP) is 2.97. The van der Waals surface area contributed by atoms with Crippen molar-refractivity contribution in [1.82, 2.24) is 0 Å². The third-order valence-corrected chi connectivity index (χ3v) is 4.17. The van der Waals surface area contributed by atoms with Gasteiger partial charge in [-0.3, -0.25) is 9.59 Å². The Hall–Kier alpha value is -0.860. The first kappa shape index (κ1) is 14.2. The Labute approximate surface area is 104 Å². The molecule has 98 valence electrons. The number of hydrogen-bond donors (Lipinski definition) is 0. The van der Waals surface area contributed by atoms with Gasteiger partial charge in [0.15, 0.2) is 5.78 Å². The highest BCUT2D eigenvalue weighted by Gasteiger charge is 2.48. The number of esters is 1. The lowest BCUT2D eigenvalue weighted by atomic mass is 9.78. The van der Waals surface area contributed by atoms with E-state index >= 15 is 0 Å². The van der Waals surface area contributed by atoms with E-state index in [2.05, 4.69) is 13.8 Å². The van der Waals surface area contributed by atoms with Crippen molar-refractivity contribution in [3.05, 3.63) is 0 Å². The topological polar surface area (TPSA) is 43.4 Å². The van der Waals surface area contributed by atoms with Crippen LogP contribution in [0.25, 0.3) is 0 Å². The highest BCUT2D eigenvalue weighted by molar-refractivity contribution is 5.82. The van der Waals surface area contributed by atoms with Crippen molar-refractivity contribution in [2.75, 3.05) is 6.61 Å². The Bertz CT molecular complexity index is 298. The van der Waals surface area contributed by atoms with Gasteiger partial charge >= 0.3 is 5.97 Å². The molecule has 0 bridgehead atoms. The third kappa shape index (κ3) is 3.08. The second-order valence-electron chi connectivity index (χ2n) is 5.51. The molecule has 0 aromatic carbocycles. The number of ether oxygens (including phenoxy) is 1. The highest BCUT2D eigenvalue weighted by atomic mass is 16.5. The van der Waals surface area contributed by atoms with E-state index in [0.29, 0.717) is 11.8 Å². The molecule has 0 aliphatic heterocycles. The molecule has 3 heteroatoms. The highest BCUT2D eigenvalue weighted by Crippen LogP contribution is 2.49. The fourth-order valence-electron chi connectivity index (χ4n) is 3.02. The SMILES string of the molecule is CCC1CC(CC)C(C)(C(=O)OCC(C)=O)C1. The summed E-state index contributed by atoms with van der Waals surface area (Å²) in [7, 11) is 0. The number of carbonyl (C=O) groups is 2. The summed E-state index contributed by atoms with van der Waals surface area (Å²) in [5, 5.41) is 0. The first-order valence-electron chi connectivity index (χ1n) is 6.60. The van der Waals surface area contributed by atoms with Gasteiger partial charge in [0, 0.05) is 0 Å². The fourth-order valence-corrected chi connectivity index (χ4v) is 3.02. The minimum atomic E-state index is -0.384. The van der Waals surface area contributed by atoms with Crippen molar-refractivity contribution >= 4 is 11.8 Å². The summed E-state index contributed by atoms with van der Waals surface area (Å²) in [6.45, 7) is 7.65. The molecule has 3 unspecified atom stereocenters. The molecule has 0 aromatic rings. The molecule has 3 atom stereocenters. The molecule has 1 saturated carbocycles. The molecular weight excluding hydrogens is 216 g/mol. The van der Waals surface area contributed by atoms with E-state index in [1.165, 1.54) is 6.92 Å². The molecule has 1 aliphatic carbocycles. The van der Waals surface area contributed by atoms with E-state index in [9.17, 15) is 9.59 Å². The third-order valence-electron chi connectivity index (χ3n) is 4.17. The lowest BCUT2D eigenvalue weighted by molar-refractivity contribution is -0.159. The molecule has 0 aromatic heterocycles. The zero-order chi connectivity index (χ0) is 13.1. The normalized spacial score (nSPS) is 32.5. The van der Waals surface area contributed by atoms with E-state index in [1.54, 1.807) is 0 Å². The van der Waals surface area contributed by atoms with E-state index < -0.39 is 0 Å². The van der Waals surface area contributed by atoms with Crippen LogP contribution in [0, 0.1) is 17.3 Å². The van der Waals surface area contributed by atoms with E-state index in [1.807, 2.05) is 6.92 Å². The fraction of sp³-hybridized carbons (Fsp3) is 0.857. The Morgan fingerprint density at radius 2 is 1.94 bits per heavy atom. The maximum Gasteiger partial charge on any atom is 0.312 e. The van der Waals surface area contributed by atoms with E-state index in [0.717, 1.165) is 25.7 Å². The molecule has 1 rings (SSSR count). The van der Waals surface area contributed by atoms with Crippen molar-refractivity contribution in [2.24, 2.45) is 17.3 Å². The molecule has 3 nitrogen and oxygen atoms in total. The van der Waals surface area contributed by atoms with Gasteiger partial charge in [0.25, 0.3) is 0 Å². The monoisotopic (exact) mass is 240 g/mol. The Balaban J connectivity index is 2.70. The van der Waals surface area contributed by atoms with Crippen LogP contribution in [-0.2, 0) is 14.3 Å². The zero-order valence-corrected chi connectivity index (χ0v) is 11.4. The summed E-state index contributed by atoms with van der Waals surface area (Å²) >= 11 is 0. The Kier molecular flexibility index (Phi) is 4.72. The van der Waals surface area contributed by atoms with Crippen LogP contribution in [0.1, 0.15) is 53.4 Å². The standard InChI is InChI=1S/C14H24O3/c1-5-11-7-12(6-2)14(4,8-11)13(16)17-9-10(3)15/h11-12H,5-9H2,1-4H3. The molecule has 0 N–H and O–H groups in total. The largest absolute Gasteiger partial charge is 0.457 e. The molecular formula is C14H24O3. The molecule has 0 saturated heterocycles. The van der Waals surface area contributed by atoms with Crippen molar-refractivity contribution in [3.8, 4) is 0 Å². The second-order valence-corrected chi connectivity index (χ2v) is 5.51. The maximum absolute atomic E-state index is 12.1. The van der Waals surface area contributed by atoms with Crippen LogP contribution in [0.5, 0.6) is 0 Å². The molecule has 1 aliphatic rings. The van der Waals surface area contributed by atoms with Gasteiger partial charge in [-0.15, -0.1) is 0 Å². The zero-order valence-electron chi connectivity index (χ0n) is 11.4. The van der Waals surface area contributed by atoms with Crippen LogP contribution in [-0.4, -0.2) is 18.4 Å². The van der Waals surface area contributed by atoms with Gasteiger partial charge < -0.3 is 4.74 Å². The molecule has 0 heterocycles. The summed E-state index contributed by atoms with van der Waals surface area (Å²) in [5.74, 6) is 0.734. The minimum Gasteiger partial charge on any atom is -0.457 e. The van der Waals surface area contributed by atoms with Crippen LogP contribution in [0.3, 0.4) is 0 Å². The van der Waals surface area contributed by atoms with Crippen molar-refractivity contribution in [3.63, 3.8) is 0 Å². The number of carbonyl (C=O) groups excluding carboxylic acids is 2. The van der Waals surface area contributed by atoms with Crippen molar-refractivity contribution < 1.29 is 14.3 Å². The van der Waals surface area contributed by atoms with Crippen LogP contribution < -0.4 is 0 Å². The van der Waals surface area contributed by atoms with Gasteiger partial charge in [0.05, 0.1) is 5.41 Å². The van der Waals surface area contributed by atoms with Gasteiger partial charge in [-0.25, -0.2) is 0 Å². The quantitative estimate of drug-likeness (QED) is 0.694. The molecule has 0 radical (unpaired) electrons. The Morgan fingerprint density at radius 1 is 1.29 bits per heavy atom. The number of rotatable bonds is 5. The van der Waals surface area contributed by atoms with Crippen molar-refractivity contribution in [2.45, 2.75) is 53.4 Å². The lowest BCUT2D eigenvalue weighted by Crippen LogP contribution is -2.34. The summed E-state index contributed by atoms with van der Waals surface area (Å²) in [6, 6.07) is 0. The summed E-state index contributed by atoms with van der Waals surface area (Å²) in [4.78, 5) is 23.0. The van der Waals surface area contributed by atoms with Gasteiger partial charge in [-0.1, -0.05) is 26.7 Å². The number of ketones is 1. The van der Waals surface area contributed by atoms with Crippen LogP contribution in [0.2, 0.25) is 0 Å². The maximum atomic E-state index is 12.1. The van der Waals surface area contributed by atoms with E-state index in [4.69, 9.17) is 4.74 Å². The first-order valence-corrected chi connectivity index (χ1v) is 6.60. The average molecular weight is 240 g/mol. The van der Waals surface area contributed by atoms with Gasteiger partial charge in [0.2, 0.25) is 0 Å². The second kappa shape index (κ2) is 5.65. The first-order chi connectivity index (χ1) is 7.93. The van der Waals surface area contributed by atoms with Crippen LogP contribution in [0.4, 0.5) is 0 Å². The molecule has 17 heavy (non-hydrogen) atoms. The van der Waals surface area contributed by atoms with E-state index in [-0.39, 0.29) is 23.8 Å².